The average Bonchev–Trinajstić information content (AvgIpc) is 2.91. The Kier molecular flexibility index (Phi) is 4.80. The first-order chi connectivity index (χ1) is 9.24. The molecule has 0 aliphatic carbocycles. The predicted molar refractivity (Wildman–Crippen MR) is 72.2 cm³/mol. The van der Waals surface area contributed by atoms with Gasteiger partial charge in [0.2, 0.25) is 0 Å². The normalized spacial score (nSPS) is 10.2. The summed E-state index contributed by atoms with van der Waals surface area (Å²) >= 11 is 5.75. The van der Waals surface area contributed by atoms with E-state index in [0.29, 0.717) is 23.7 Å². The number of carbonyl (C=O) groups is 1. The number of ether oxygens (including phenoxy) is 1. The van der Waals surface area contributed by atoms with Crippen molar-refractivity contribution in [2.45, 2.75) is 6.42 Å². The Morgan fingerprint density at radius 1 is 1.37 bits per heavy atom. The number of hydrogen-bond acceptors (Lipinski definition) is 3. The number of aromatic nitrogens is 2. The van der Waals surface area contributed by atoms with E-state index in [1.807, 2.05) is 0 Å². The summed E-state index contributed by atoms with van der Waals surface area (Å²) in [7, 11) is 0. The van der Waals surface area contributed by atoms with Gasteiger partial charge in [0.15, 0.2) is 6.61 Å². The highest BCUT2D eigenvalue weighted by atomic mass is 35.5. The van der Waals surface area contributed by atoms with Gasteiger partial charge in [0.05, 0.1) is 0 Å². The number of carbonyl (C=O) groups excluding carboxylic acids is 1. The highest BCUT2D eigenvalue weighted by Crippen LogP contribution is 2.15. The van der Waals surface area contributed by atoms with E-state index in [2.05, 4.69) is 15.3 Å². The molecule has 2 N–H and O–H groups in total. The summed E-state index contributed by atoms with van der Waals surface area (Å²) in [5.41, 5.74) is 0. The molecule has 0 aliphatic rings. The molecule has 5 nitrogen and oxygen atoms in total. The van der Waals surface area contributed by atoms with Gasteiger partial charge in [-0.25, -0.2) is 4.98 Å². The van der Waals surface area contributed by atoms with Gasteiger partial charge in [-0.15, -0.1) is 0 Å². The summed E-state index contributed by atoms with van der Waals surface area (Å²) in [4.78, 5) is 18.6. The lowest BCUT2D eigenvalue weighted by Crippen LogP contribution is -2.30. The van der Waals surface area contributed by atoms with Crippen LogP contribution in [0.2, 0.25) is 5.02 Å². The lowest BCUT2D eigenvalue weighted by atomic mass is 10.3. The standard InChI is InChI=1S/C13H14ClN3O2/c14-10-1-3-11(4-2-10)19-9-13(18)17-6-5-12-15-7-8-16-12/h1-4,7-8H,5-6,9H2,(H,15,16)(H,17,18). The molecule has 0 saturated heterocycles. The van der Waals surface area contributed by atoms with Gasteiger partial charge >= 0.3 is 0 Å². The highest BCUT2D eigenvalue weighted by molar-refractivity contribution is 6.30. The SMILES string of the molecule is O=C(COc1ccc(Cl)cc1)NCCc1ncc[nH]1. The Bertz CT molecular complexity index is 511. The monoisotopic (exact) mass is 279 g/mol. The summed E-state index contributed by atoms with van der Waals surface area (Å²) < 4.78 is 5.32. The molecule has 6 heteroatoms. The largest absolute Gasteiger partial charge is 0.484 e. The average molecular weight is 280 g/mol. The number of rotatable bonds is 6. The topological polar surface area (TPSA) is 67.0 Å². The molecular weight excluding hydrogens is 266 g/mol. The number of benzene rings is 1. The van der Waals surface area contributed by atoms with Gasteiger partial charge in [0, 0.05) is 30.4 Å². The minimum atomic E-state index is -0.165. The number of hydrogen-bond donors (Lipinski definition) is 2. The third kappa shape index (κ3) is 4.63. The molecule has 0 spiro atoms. The van der Waals surface area contributed by atoms with Crippen molar-refractivity contribution in [1.82, 2.24) is 15.3 Å². The zero-order chi connectivity index (χ0) is 13.5. The van der Waals surface area contributed by atoms with Crippen LogP contribution in [0.4, 0.5) is 0 Å². The molecular formula is C13H14ClN3O2. The summed E-state index contributed by atoms with van der Waals surface area (Å²) in [6.07, 6.45) is 4.10. The Hall–Kier alpha value is -2.01. The minimum absolute atomic E-state index is 0.0141. The Labute approximate surface area is 116 Å². The van der Waals surface area contributed by atoms with E-state index in [9.17, 15) is 4.79 Å². The summed E-state index contributed by atoms with van der Waals surface area (Å²) in [5.74, 6) is 1.30. The fraction of sp³-hybridized carbons (Fsp3) is 0.231. The molecule has 100 valence electrons. The van der Waals surface area contributed by atoms with E-state index in [-0.39, 0.29) is 12.5 Å². The van der Waals surface area contributed by atoms with Crippen molar-refractivity contribution in [3.8, 4) is 5.75 Å². The molecule has 0 saturated carbocycles. The van der Waals surface area contributed by atoms with Crippen LogP contribution in [0.3, 0.4) is 0 Å². The number of nitrogens with one attached hydrogen (secondary N) is 2. The summed E-state index contributed by atoms with van der Waals surface area (Å²) in [5, 5.41) is 3.39. The Morgan fingerprint density at radius 2 is 2.16 bits per heavy atom. The van der Waals surface area contributed by atoms with Crippen LogP contribution in [-0.4, -0.2) is 29.0 Å². The van der Waals surface area contributed by atoms with E-state index in [4.69, 9.17) is 16.3 Å². The second kappa shape index (κ2) is 6.80. The number of imidazole rings is 1. The van der Waals surface area contributed by atoms with E-state index in [1.165, 1.54) is 0 Å². The number of H-pyrrole nitrogens is 1. The fourth-order valence-corrected chi connectivity index (χ4v) is 1.61. The van der Waals surface area contributed by atoms with Crippen LogP contribution >= 0.6 is 11.6 Å². The third-order valence-electron chi connectivity index (χ3n) is 2.42. The van der Waals surface area contributed by atoms with Crippen molar-refractivity contribution < 1.29 is 9.53 Å². The molecule has 1 aromatic heterocycles. The van der Waals surface area contributed by atoms with Crippen molar-refractivity contribution >= 4 is 17.5 Å². The van der Waals surface area contributed by atoms with Gasteiger partial charge in [-0.05, 0) is 24.3 Å². The Balaban J connectivity index is 1.65. The molecule has 2 aromatic rings. The van der Waals surface area contributed by atoms with Gasteiger partial charge in [-0.1, -0.05) is 11.6 Å². The number of halogens is 1. The molecule has 1 heterocycles. The molecule has 1 amide bonds. The molecule has 0 atom stereocenters. The summed E-state index contributed by atoms with van der Waals surface area (Å²) in [6.45, 7) is 0.510. The van der Waals surface area contributed by atoms with Crippen LogP contribution in [0.15, 0.2) is 36.7 Å². The second-order valence-corrected chi connectivity index (χ2v) is 4.31. The van der Waals surface area contributed by atoms with Crippen molar-refractivity contribution in [2.24, 2.45) is 0 Å². The zero-order valence-electron chi connectivity index (χ0n) is 10.2. The maximum atomic E-state index is 11.5. The van der Waals surface area contributed by atoms with Gasteiger partial charge in [-0.3, -0.25) is 4.79 Å². The van der Waals surface area contributed by atoms with Crippen LogP contribution in [0.5, 0.6) is 5.75 Å². The van der Waals surface area contributed by atoms with Crippen LogP contribution in [0.1, 0.15) is 5.82 Å². The lowest BCUT2D eigenvalue weighted by molar-refractivity contribution is -0.123. The van der Waals surface area contributed by atoms with Crippen LogP contribution in [-0.2, 0) is 11.2 Å². The molecule has 1 aromatic carbocycles. The molecule has 2 rings (SSSR count). The molecule has 0 fully saturated rings. The molecule has 0 unspecified atom stereocenters. The predicted octanol–water partition coefficient (Wildman–Crippen LogP) is 1.80. The summed E-state index contributed by atoms with van der Waals surface area (Å²) in [6, 6.07) is 6.87. The van der Waals surface area contributed by atoms with Gasteiger partial charge in [-0.2, -0.15) is 0 Å². The molecule has 0 bridgehead atoms. The smallest absolute Gasteiger partial charge is 0.257 e. The van der Waals surface area contributed by atoms with E-state index >= 15 is 0 Å². The van der Waals surface area contributed by atoms with Crippen molar-refractivity contribution in [1.29, 1.82) is 0 Å². The first-order valence-corrected chi connectivity index (χ1v) is 6.25. The quantitative estimate of drug-likeness (QED) is 0.847. The molecule has 19 heavy (non-hydrogen) atoms. The van der Waals surface area contributed by atoms with Crippen molar-refractivity contribution in [3.63, 3.8) is 0 Å². The van der Waals surface area contributed by atoms with Gasteiger partial charge in [0.25, 0.3) is 5.91 Å². The zero-order valence-corrected chi connectivity index (χ0v) is 11.0. The molecule has 0 radical (unpaired) electrons. The first kappa shape index (κ1) is 13.4. The maximum absolute atomic E-state index is 11.5. The van der Waals surface area contributed by atoms with Crippen LogP contribution in [0, 0.1) is 0 Å². The lowest BCUT2D eigenvalue weighted by Gasteiger charge is -2.06. The number of nitrogens with zero attached hydrogens (tertiary/aromatic N) is 1. The third-order valence-corrected chi connectivity index (χ3v) is 2.67. The van der Waals surface area contributed by atoms with Crippen LogP contribution in [0.25, 0.3) is 0 Å². The minimum Gasteiger partial charge on any atom is -0.484 e. The van der Waals surface area contributed by atoms with E-state index < -0.39 is 0 Å². The van der Waals surface area contributed by atoms with Crippen molar-refractivity contribution in [2.75, 3.05) is 13.2 Å². The molecule has 0 aliphatic heterocycles. The first-order valence-electron chi connectivity index (χ1n) is 5.87. The fourth-order valence-electron chi connectivity index (χ4n) is 1.49. The van der Waals surface area contributed by atoms with E-state index in [0.717, 1.165) is 5.82 Å². The van der Waals surface area contributed by atoms with Crippen molar-refractivity contribution in [3.05, 3.63) is 47.5 Å². The van der Waals surface area contributed by atoms with Gasteiger partial charge < -0.3 is 15.0 Å². The highest BCUT2D eigenvalue weighted by Gasteiger charge is 2.03. The Morgan fingerprint density at radius 3 is 2.84 bits per heavy atom. The number of amides is 1. The maximum Gasteiger partial charge on any atom is 0.257 e. The van der Waals surface area contributed by atoms with Gasteiger partial charge in [0.1, 0.15) is 11.6 Å². The van der Waals surface area contributed by atoms with E-state index in [1.54, 1.807) is 36.7 Å². The number of aromatic amines is 1. The van der Waals surface area contributed by atoms with Crippen LogP contribution < -0.4 is 10.1 Å². The second-order valence-electron chi connectivity index (χ2n) is 3.88.